The van der Waals surface area contributed by atoms with Gasteiger partial charge in [0.2, 0.25) is 0 Å². The van der Waals surface area contributed by atoms with E-state index in [4.69, 9.17) is 4.74 Å². The second-order valence-electron chi connectivity index (χ2n) is 4.28. The van der Waals surface area contributed by atoms with Gasteiger partial charge in [-0.2, -0.15) is 0 Å². The summed E-state index contributed by atoms with van der Waals surface area (Å²) in [4.78, 5) is 0. The van der Waals surface area contributed by atoms with Crippen LogP contribution in [0, 0.1) is 0 Å². The molecule has 0 spiro atoms. The molecule has 0 saturated heterocycles. The lowest BCUT2D eigenvalue weighted by molar-refractivity contribution is 0.413. The van der Waals surface area contributed by atoms with Crippen LogP contribution in [0.3, 0.4) is 0 Å². The summed E-state index contributed by atoms with van der Waals surface area (Å²) in [7, 11) is 1.73. The minimum absolute atomic E-state index is 0.639. The molecule has 1 unspecified atom stereocenters. The van der Waals surface area contributed by atoms with E-state index in [0.29, 0.717) is 6.04 Å². The molecule has 2 rings (SSSR count). The Hall–Kier alpha value is -1.02. The molecule has 0 radical (unpaired) electrons. The van der Waals surface area contributed by atoms with Crippen LogP contribution in [0.5, 0.6) is 5.75 Å². The first-order chi connectivity index (χ1) is 7.29. The number of ether oxygens (including phenoxy) is 1. The minimum atomic E-state index is 0.639. The van der Waals surface area contributed by atoms with Gasteiger partial charge in [-0.1, -0.05) is 6.07 Å². The van der Waals surface area contributed by atoms with Gasteiger partial charge < -0.3 is 10.1 Å². The van der Waals surface area contributed by atoms with Crippen molar-refractivity contribution in [1.29, 1.82) is 0 Å². The molecule has 1 aliphatic rings. The molecule has 1 heterocycles. The minimum Gasteiger partial charge on any atom is -0.497 e. The van der Waals surface area contributed by atoms with Crippen molar-refractivity contribution in [2.45, 2.75) is 32.2 Å². The van der Waals surface area contributed by atoms with Crippen molar-refractivity contribution in [3.05, 3.63) is 29.3 Å². The summed E-state index contributed by atoms with van der Waals surface area (Å²) in [5, 5.41) is 3.52. The van der Waals surface area contributed by atoms with Gasteiger partial charge in [-0.3, -0.25) is 0 Å². The van der Waals surface area contributed by atoms with E-state index in [2.05, 4.69) is 30.4 Å². The van der Waals surface area contributed by atoms with Crippen molar-refractivity contribution in [3.63, 3.8) is 0 Å². The first kappa shape index (κ1) is 10.5. The van der Waals surface area contributed by atoms with Gasteiger partial charge in [0.25, 0.3) is 0 Å². The summed E-state index contributed by atoms with van der Waals surface area (Å²) < 4.78 is 5.25. The molecular weight excluding hydrogens is 186 g/mol. The smallest absolute Gasteiger partial charge is 0.119 e. The normalized spacial score (nSPS) is 21.3. The van der Waals surface area contributed by atoms with Crippen LogP contribution in [-0.2, 0) is 12.8 Å². The Balaban J connectivity index is 2.22. The van der Waals surface area contributed by atoms with Crippen molar-refractivity contribution in [1.82, 2.24) is 5.32 Å². The Kier molecular flexibility index (Phi) is 3.27. The van der Waals surface area contributed by atoms with Crippen LogP contribution in [0.1, 0.15) is 24.5 Å². The van der Waals surface area contributed by atoms with Crippen LogP contribution in [0.25, 0.3) is 0 Å². The monoisotopic (exact) mass is 205 g/mol. The number of nitrogens with one attached hydrogen (secondary N) is 1. The molecule has 1 atom stereocenters. The van der Waals surface area contributed by atoms with Crippen LogP contribution >= 0.6 is 0 Å². The Morgan fingerprint density at radius 3 is 2.93 bits per heavy atom. The van der Waals surface area contributed by atoms with Crippen molar-refractivity contribution in [2.24, 2.45) is 0 Å². The van der Waals surface area contributed by atoms with Gasteiger partial charge in [0.1, 0.15) is 5.75 Å². The molecule has 0 aliphatic carbocycles. The van der Waals surface area contributed by atoms with Gasteiger partial charge in [0.05, 0.1) is 7.11 Å². The third kappa shape index (κ3) is 2.51. The third-order valence-corrected chi connectivity index (χ3v) is 3.15. The van der Waals surface area contributed by atoms with Crippen LogP contribution in [0.2, 0.25) is 0 Å². The number of benzene rings is 1. The van der Waals surface area contributed by atoms with Crippen molar-refractivity contribution in [2.75, 3.05) is 13.7 Å². The van der Waals surface area contributed by atoms with Gasteiger partial charge in [-0.05, 0) is 56.0 Å². The molecule has 2 nitrogen and oxygen atoms in total. The van der Waals surface area contributed by atoms with E-state index < -0.39 is 0 Å². The highest BCUT2D eigenvalue weighted by Gasteiger charge is 2.10. The first-order valence-corrected chi connectivity index (χ1v) is 5.69. The highest BCUT2D eigenvalue weighted by Crippen LogP contribution is 2.21. The van der Waals surface area contributed by atoms with E-state index in [1.54, 1.807) is 7.11 Å². The average molecular weight is 205 g/mol. The number of aryl methyl sites for hydroxylation is 1. The maximum atomic E-state index is 5.25. The second-order valence-corrected chi connectivity index (χ2v) is 4.28. The maximum absolute atomic E-state index is 5.25. The van der Waals surface area contributed by atoms with E-state index >= 15 is 0 Å². The van der Waals surface area contributed by atoms with E-state index in [1.807, 2.05) is 0 Å². The van der Waals surface area contributed by atoms with Crippen molar-refractivity contribution >= 4 is 0 Å². The highest BCUT2D eigenvalue weighted by molar-refractivity contribution is 5.36. The number of rotatable bonds is 1. The van der Waals surface area contributed by atoms with Crippen LogP contribution in [0.15, 0.2) is 18.2 Å². The number of hydrogen-bond donors (Lipinski definition) is 1. The lowest BCUT2D eigenvalue weighted by Crippen LogP contribution is -2.30. The van der Waals surface area contributed by atoms with E-state index in [-0.39, 0.29) is 0 Å². The molecule has 0 fully saturated rings. The van der Waals surface area contributed by atoms with Crippen LogP contribution < -0.4 is 10.1 Å². The molecule has 1 aromatic rings. The number of methoxy groups -OCH3 is 1. The Bertz CT molecular complexity index is 335. The average Bonchev–Trinajstić information content (AvgIpc) is 2.24. The van der Waals surface area contributed by atoms with Crippen LogP contribution in [-0.4, -0.2) is 19.7 Å². The fourth-order valence-electron chi connectivity index (χ4n) is 2.13. The third-order valence-electron chi connectivity index (χ3n) is 3.15. The molecule has 2 heteroatoms. The molecule has 0 bridgehead atoms. The molecule has 1 N–H and O–H groups in total. The predicted octanol–water partition coefficient (Wildman–Crippen LogP) is 2.16. The summed E-state index contributed by atoms with van der Waals surface area (Å²) in [5.41, 5.74) is 2.93. The highest BCUT2D eigenvalue weighted by atomic mass is 16.5. The number of fused-ring (bicyclic) bond motifs is 1. The zero-order valence-electron chi connectivity index (χ0n) is 9.55. The predicted molar refractivity (Wildman–Crippen MR) is 62.5 cm³/mol. The molecule has 15 heavy (non-hydrogen) atoms. The van der Waals surface area contributed by atoms with Gasteiger partial charge in [0.15, 0.2) is 0 Å². The summed E-state index contributed by atoms with van der Waals surface area (Å²) in [6, 6.07) is 7.10. The molecular formula is C13H19NO. The van der Waals surface area contributed by atoms with Crippen molar-refractivity contribution in [3.8, 4) is 5.75 Å². The largest absolute Gasteiger partial charge is 0.497 e. The SMILES string of the molecule is COc1ccc2c(c1)CCNC(C)CC2. The zero-order chi connectivity index (χ0) is 10.7. The maximum Gasteiger partial charge on any atom is 0.119 e. The van der Waals surface area contributed by atoms with Gasteiger partial charge in [-0.15, -0.1) is 0 Å². The molecule has 0 saturated carbocycles. The van der Waals surface area contributed by atoms with Gasteiger partial charge in [-0.25, -0.2) is 0 Å². The quantitative estimate of drug-likeness (QED) is 0.758. The zero-order valence-corrected chi connectivity index (χ0v) is 9.55. The number of hydrogen-bond acceptors (Lipinski definition) is 2. The summed E-state index contributed by atoms with van der Waals surface area (Å²) >= 11 is 0. The Labute approximate surface area is 91.6 Å². The molecule has 0 aromatic heterocycles. The van der Waals surface area contributed by atoms with Gasteiger partial charge >= 0.3 is 0 Å². The Morgan fingerprint density at radius 2 is 2.13 bits per heavy atom. The van der Waals surface area contributed by atoms with Gasteiger partial charge in [0, 0.05) is 6.04 Å². The van der Waals surface area contributed by atoms with E-state index in [0.717, 1.165) is 18.7 Å². The standard InChI is InChI=1S/C13H19NO/c1-10-3-4-11-5-6-13(15-2)9-12(11)7-8-14-10/h5-6,9-10,14H,3-4,7-8H2,1-2H3. The fraction of sp³-hybridized carbons (Fsp3) is 0.538. The Morgan fingerprint density at radius 1 is 1.27 bits per heavy atom. The summed E-state index contributed by atoms with van der Waals surface area (Å²) in [6.45, 7) is 3.33. The topological polar surface area (TPSA) is 21.3 Å². The van der Waals surface area contributed by atoms with E-state index in [9.17, 15) is 0 Å². The summed E-state index contributed by atoms with van der Waals surface area (Å²) in [5.74, 6) is 0.974. The fourth-order valence-corrected chi connectivity index (χ4v) is 2.13. The lowest BCUT2D eigenvalue weighted by Gasteiger charge is -2.20. The molecule has 0 amide bonds. The van der Waals surface area contributed by atoms with Crippen LogP contribution in [0.4, 0.5) is 0 Å². The molecule has 82 valence electrons. The molecule has 1 aliphatic heterocycles. The molecule has 1 aromatic carbocycles. The van der Waals surface area contributed by atoms with E-state index in [1.165, 1.54) is 24.0 Å². The lowest BCUT2D eigenvalue weighted by atomic mass is 9.96. The summed E-state index contributed by atoms with van der Waals surface area (Å²) in [6.07, 6.45) is 3.50. The van der Waals surface area contributed by atoms with Crippen molar-refractivity contribution < 1.29 is 4.74 Å². The first-order valence-electron chi connectivity index (χ1n) is 5.69. The second kappa shape index (κ2) is 4.67.